The number of aliphatic hydroxyl groups excluding tert-OH is 1. The van der Waals surface area contributed by atoms with Crippen molar-refractivity contribution in [2.75, 3.05) is 6.61 Å². The molecule has 4 N–H and O–H groups in total. The Morgan fingerprint density at radius 3 is 0.696 bits per heavy atom. The number of carboxylic acid groups (broad SMARTS) is 3. The van der Waals surface area contributed by atoms with Gasteiger partial charge in [-0.2, -0.15) is 0 Å². The van der Waals surface area contributed by atoms with Gasteiger partial charge in [0, 0.05) is 34.6 Å². The Labute approximate surface area is 299 Å². The Bertz CT molecular complexity index is 580. The van der Waals surface area contributed by atoms with Crippen LogP contribution in [0.5, 0.6) is 0 Å². The van der Waals surface area contributed by atoms with E-state index in [9.17, 15) is 9.59 Å². The summed E-state index contributed by atoms with van der Waals surface area (Å²) < 4.78 is 0. The molecule has 0 aromatic rings. The van der Waals surface area contributed by atoms with Gasteiger partial charge in [0.25, 0.3) is 0 Å². The minimum absolute atomic E-state index is 0. The molecule has 0 saturated heterocycles. The van der Waals surface area contributed by atoms with Crippen molar-refractivity contribution >= 4 is 17.9 Å². The maximum absolute atomic E-state index is 10.3. The third kappa shape index (κ3) is 62.0. The molecule has 7 nitrogen and oxygen atoms in total. The first-order valence-corrected chi connectivity index (χ1v) is 18.8. The summed E-state index contributed by atoms with van der Waals surface area (Å²) >= 11 is 0. The van der Waals surface area contributed by atoms with E-state index in [1.807, 2.05) is 0 Å². The molecule has 0 aliphatic heterocycles. The van der Waals surface area contributed by atoms with Gasteiger partial charge >= 0.3 is 17.9 Å². The van der Waals surface area contributed by atoms with Gasteiger partial charge in [0.15, 0.2) is 0 Å². The number of hydrogen-bond donors (Lipinski definition) is 4. The zero-order chi connectivity index (χ0) is 34.4. The minimum Gasteiger partial charge on any atom is -0.481 e. The van der Waals surface area contributed by atoms with E-state index in [4.69, 9.17) is 25.2 Å². The van der Waals surface area contributed by atoms with Gasteiger partial charge in [0.1, 0.15) is 6.61 Å². The molecule has 0 radical (unpaired) electrons. The van der Waals surface area contributed by atoms with E-state index < -0.39 is 24.5 Å². The Kier molecular flexibility index (Phi) is 49.7. The van der Waals surface area contributed by atoms with Gasteiger partial charge in [0.2, 0.25) is 0 Å². The Balaban J connectivity index is -0.000000327. The van der Waals surface area contributed by atoms with Crippen LogP contribution in [0.3, 0.4) is 0 Å². The molecule has 0 heterocycles. The first-order chi connectivity index (χ1) is 21.5. The van der Waals surface area contributed by atoms with E-state index in [-0.39, 0.29) is 21.7 Å². The molecule has 0 rings (SSSR count). The second-order valence-corrected chi connectivity index (χ2v) is 13.7. The number of aliphatic hydroxyl groups is 1. The standard InChI is InChI=1S/2C18H36O2.C2H4O3.Ti/c2*1-17(2)15-13-11-9-7-5-3-4-6-8-10-12-14-16-18(19)20;3-1-2(4)5;/h2*17H,3-16H2,1-2H3,(H,19,20);3H,1H2,(H,4,5);. The molecule has 0 atom stereocenters. The first kappa shape index (κ1) is 51.9. The molecular formula is C38H76O7Ti. The molecule has 0 aliphatic carbocycles. The summed E-state index contributed by atoms with van der Waals surface area (Å²) in [6.07, 6.45) is 34.6. The van der Waals surface area contributed by atoms with E-state index in [0.717, 1.165) is 37.5 Å². The van der Waals surface area contributed by atoms with E-state index in [1.54, 1.807) is 0 Å². The molecule has 0 aliphatic rings. The zero-order valence-electron chi connectivity index (χ0n) is 30.7. The van der Waals surface area contributed by atoms with Crippen molar-refractivity contribution in [3.63, 3.8) is 0 Å². The molecular weight excluding hydrogens is 616 g/mol. The molecule has 8 heteroatoms. The van der Waals surface area contributed by atoms with Gasteiger partial charge in [-0.3, -0.25) is 9.59 Å². The monoisotopic (exact) mass is 693 g/mol. The van der Waals surface area contributed by atoms with Crippen molar-refractivity contribution in [3.8, 4) is 0 Å². The number of carbonyl (C=O) groups is 3. The Morgan fingerprint density at radius 1 is 0.370 bits per heavy atom. The average molecular weight is 693 g/mol. The molecule has 0 bridgehead atoms. The Hall–Kier alpha value is -0.916. The van der Waals surface area contributed by atoms with E-state index in [2.05, 4.69) is 27.7 Å². The van der Waals surface area contributed by atoms with Gasteiger partial charge < -0.3 is 20.4 Å². The summed E-state index contributed by atoms with van der Waals surface area (Å²) in [4.78, 5) is 29.8. The Morgan fingerprint density at radius 2 is 0.543 bits per heavy atom. The maximum Gasteiger partial charge on any atom is 0.329 e. The normalized spacial score (nSPS) is 10.5. The van der Waals surface area contributed by atoms with Gasteiger partial charge in [0.05, 0.1) is 0 Å². The van der Waals surface area contributed by atoms with E-state index in [0.29, 0.717) is 12.8 Å². The minimum atomic E-state index is -1.19. The molecule has 274 valence electrons. The maximum atomic E-state index is 10.3. The van der Waals surface area contributed by atoms with Crippen LogP contribution in [0, 0.1) is 11.8 Å². The third-order valence-corrected chi connectivity index (χ3v) is 7.98. The third-order valence-electron chi connectivity index (χ3n) is 7.98. The predicted molar refractivity (Wildman–Crippen MR) is 189 cm³/mol. The molecule has 0 unspecified atom stereocenters. The number of hydrogen-bond acceptors (Lipinski definition) is 4. The van der Waals surface area contributed by atoms with Crippen LogP contribution in [0.1, 0.15) is 207 Å². The van der Waals surface area contributed by atoms with E-state index in [1.165, 1.54) is 141 Å². The van der Waals surface area contributed by atoms with E-state index >= 15 is 0 Å². The fourth-order valence-electron chi connectivity index (χ4n) is 5.19. The average Bonchev–Trinajstić information content (AvgIpc) is 2.97. The summed E-state index contributed by atoms with van der Waals surface area (Å²) in [6, 6.07) is 0. The molecule has 0 aromatic heterocycles. The smallest absolute Gasteiger partial charge is 0.329 e. The molecule has 46 heavy (non-hydrogen) atoms. The van der Waals surface area contributed by atoms with Crippen LogP contribution in [0.25, 0.3) is 0 Å². The molecule has 0 saturated carbocycles. The van der Waals surface area contributed by atoms with Crippen molar-refractivity contribution in [1.29, 1.82) is 0 Å². The summed E-state index contributed by atoms with van der Waals surface area (Å²) in [5.74, 6) is -0.766. The van der Waals surface area contributed by atoms with Gasteiger partial charge in [-0.1, -0.05) is 182 Å². The van der Waals surface area contributed by atoms with Crippen molar-refractivity contribution in [2.45, 2.75) is 207 Å². The number of carboxylic acids is 3. The summed E-state index contributed by atoms with van der Waals surface area (Å²) in [5, 5.41) is 32.1. The van der Waals surface area contributed by atoms with Crippen molar-refractivity contribution in [1.82, 2.24) is 0 Å². The van der Waals surface area contributed by atoms with Crippen LogP contribution in [-0.4, -0.2) is 44.9 Å². The number of aliphatic carboxylic acids is 3. The number of unbranched alkanes of at least 4 members (excludes halogenated alkanes) is 22. The number of rotatable bonds is 31. The SMILES string of the molecule is CC(C)CCCCCCCCCCCCCCC(=O)O.CC(C)CCCCCCCCCCCCCCC(=O)O.O=C(O)CO.[Ti]. The summed E-state index contributed by atoms with van der Waals surface area (Å²) in [7, 11) is 0. The predicted octanol–water partition coefficient (Wildman–Crippen LogP) is 11.4. The zero-order valence-corrected chi connectivity index (χ0v) is 32.2. The van der Waals surface area contributed by atoms with Crippen LogP contribution >= 0.6 is 0 Å². The summed E-state index contributed by atoms with van der Waals surface area (Å²) in [6.45, 7) is 8.45. The van der Waals surface area contributed by atoms with Gasteiger partial charge in [-0.05, 0) is 24.7 Å². The van der Waals surface area contributed by atoms with Gasteiger partial charge in [-0.25, -0.2) is 4.79 Å². The quantitative estimate of drug-likeness (QED) is 0.0420. The molecule has 0 amide bonds. The second kappa shape index (κ2) is 44.1. The van der Waals surface area contributed by atoms with Crippen LogP contribution in [0.4, 0.5) is 0 Å². The largest absolute Gasteiger partial charge is 0.481 e. The topological polar surface area (TPSA) is 132 Å². The molecule has 0 fully saturated rings. The fraction of sp³-hybridized carbons (Fsp3) is 0.921. The first-order valence-electron chi connectivity index (χ1n) is 18.8. The molecule has 0 aromatic carbocycles. The summed E-state index contributed by atoms with van der Waals surface area (Å²) in [5.41, 5.74) is 0. The molecule has 0 spiro atoms. The van der Waals surface area contributed by atoms with Crippen LogP contribution in [0.2, 0.25) is 0 Å². The van der Waals surface area contributed by atoms with Crippen molar-refractivity contribution in [3.05, 3.63) is 0 Å². The van der Waals surface area contributed by atoms with Crippen molar-refractivity contribution < 1.29 is 56.5 Å². The van der Waals surface area contributed by atoms with Crippen LogP contribution in [0.15, 0.2) is 0 Å². The van der Waals surface area contributed by atoms with Gasteiger partial charge in [-0.15, -0.1) is 0 Å². The van der Waals surface area contributed by atoms with Crippen LogP contribution in [-0.2, 0) is 36.1 Å². The van der Waals surface area contributed by atoms with Crippen molar-refractivity contribution in [2.24, 2.45) is 11.8 Å². The van der Waals surface area contributed by atoms with Crippen LogP contribution < -0.4 is 0 Å². The second-order valence-electron chi connectivity index (χ2n) is 13.7. The fourth-order valence-corrected chi connectivity index (χ4v) is 5.19.